The van der Waals surface area contributed by atoms with Crippen LogP contribution in [0.3, 0.4) is 0 Å². The molecular weight excluding hydrogens is 240 g/mol. The molecule has 1 amide bonds. The smallest absolute Gasteiger partial charge is 0.221 e. The van der Waals surface area contributed by atoms with Crippen molar-refractivity contribution in [1.29, 1.82) is 5.26 Å². The minimum atomic E-state index is -0.594. The first-order valence-electron chi connectivity index (χ1n) is 7.58. The van der Waals surface area contributed by atoms with Crippen molar-refractivity contribution >= 4 is 5.91 Å². The van der Waals surface area contributed by atoms with E-state index < -0.39 is 5.54 Å². The molecule has 2 aliphatic rings. The second-order valence-corrected chi connectivity index (χ2v) is 5.83. The molecule has 2 fully saturated rings. The number of ether oxygens (including phenoxy) is 1. The summed E-state index contributed by atoms with van der Waals surface area (Å²) in [6.07, 6.45) is 9.77. The van der Waals surface area contributed by atoms with E-state index >= 15 is 0 Å². The molecule has 0 radical (unpaired) electrons. The van der Waals surface area contributed by atoms with Crippen molar-refractivity contribution in [3.05, 3.63) is 0 Å². The van der Waals surface area contributed by atoms with Gasteiger partial charge >= 0.3 is 0 Å². The van der Waals surface area contributed by atoms with Crippen LogP contribution in [-0.2, 0) is 9.53 Å². The van der Waals surface area contributed by atoms with Gasteiger partial charge in [0.15, 0.2) is 0 Å². The molecule has 1 heterocycles. The Kier molecular flexibility index (Phi) is 5.21. The van der Waals surface area contributed by atoms with Crippen molar-refractivity contribution in [3.63, 3.8) is 0 Å². The van der Waals surface area contributed by atoms with Gasteiger partial charge in [0.2, 0.25) is 5.91 Å². The van der Waals surface area contributed by atoms with Gasteiger partial charge in [-0.3, -0.25) is 4.79 Å². The average Bonchev–Trinajstić information content (AvgIpc) is 2.47. The fourth-order valence-electron chi connectivity index (χ4n) is 3.08. The molecule has 1 saturated heterocycles. The van der Waals surface area contributed by atoms with Crippen LogP contribution in [-0.4, -0.2) is 24.2 Å². The van der Waals surface area contributed by atoms with Crippen LogP contribution in [0.5, 0.6) is 0 Å². The van der Waals surface area contributed by atoms with E-state index in [1.807, 2.05) is 0 Å². The maximum Gasteiger partial charge on any atom is 0.221 e. The van der Waals surface area contributed by atoms with Crippen molar-refractivity contribution < 1.29 is 9.53 Å². The zero-order valence-corrected chi connectivity index (χ0v) is 11.6. The van der Waals surface area contributed by atoms with E-state index in [-0.39, 0.29) is 12.0 Å². The molecule has 1 aliphatic carbocycles. The normalized spacial score (nSPS) is 26.4. The summed E-state index contributed by atoms with van der Waals surface area (Å²) in [5.41, 5.74) is -0.594. The van der Waals surface area contributed by atoms with Crippen molar-refractivity contribution in [2.45, 2.75) is 75.9 Å². The van der Waals surface area contributed by atoms with E-state index in [1.54, 1.807) is 0 Å². The molecule has 1 aliphatic heterocycles. The van der Waals surface area contributed by atoms with Crippen molar-refractivity contribution in [3.8, 4) is 6.07 Å². The number of nitrogens with one attached hydrogen (secondary N) is 1. The zero-order valence-electron chi connectivity index (χ0n) is 11.6. The maximum atomic E-state index is 12.0. The zero-order chi connectivity index (χ0) is 13.6. The van der Waals surface area contributed by atoms with E-state index in [9.17, 15) is 10.1 Å². The molecule has 106 valence electrons. The second-order valence-electron chi connectivity index (χ2n) is 5.83. The first-order valence-corrected chi connectivity index (χ1v) is 7.58. The number of carbonyl (C=O) groups is 1. The lowest BCUT2D eigenvalue weighted by Gasteiger charge is -2.31. The molecule has 1 unspecified atom stereocenters. The summed E-state index contributed by atoms with van der Waals surface area (Å²) in [7, 11) is 0. The van der Waals surface area contributed by atoms with Gasteiger partial charge in [0.25, 0.3) is 0 Å². The maximum absolute atomic E-state index is 12.0. The summed E-state index contributed by atoms with van der Waals surface area (Å²) in [6.45, 7) is 0.828. The van der Waals surface area contributed by atoms with E-state index in [0.717, 1.165) is 51.6 Å². The highest BCUT2D eigenvalue weighted by atomic mass is 16.5. The fraction of sp³-hybridized carbons (Fsp3) is 0.867. The Morgan fingerprint density at radius 2 is 2.05 bits per heavy atom. The molecule has 1 N–H and O–H groups in total. The Labute approximate surface area is 115 Å². The fourth-order valence-corrected chi connectivity index (χ4v) is 3.08. The van der Waals surface area contributed by atoms with Gasteiger partial charge in [-0.25, -0.2) is 0 Å². The highest BCUT2D eigenvalue weighted by Gasteiger charge is 2.33. The molecule has 2 rings (SSSR count). The second kappa shape index (κ2) is 6.91. The van der Waals surface area contributed by atoms with Gasteiger partial charge in [0.1, 0.15) is 5.54 Å². The summed E-state index contributed by atoms with van der Waals surface area (Å²) in [5.74, 6) is 0.0117. The van der Waals surface area contributed by atoms with Gasteiger partial charge in [-0.2, -0.15) is 5.26 Å². The van der Waals surface area contributed by atoms with Gasteiger partial charge in [-0.05, 0) is 38.5 Å². The van der Waals surface area contributed by atoms with Crippen LogP contribution in [0, 0.1) is 11.3 Å². The van der Waals surface area contributed by atoms with Gasteiger partial charge in [0, 0.05) is 13.0 Å². The highest BCUT2D eigenvalue weighted by molar-refractivity contribution is 5.77. The number of nitriles is 1. The molecule has 0 aromatic rings. The monoisotopic (exact) mass is 264 g/mol. The number of hydrogen-bond donors (Lipinski definition) is 1. The first-order chi connectivity index (χ1) is 9.24. The van der Waals surface area contributed by atoms with Crippen LogP contribution in [0.4, 0.5) is 0 Å². The number of nitrogens with zero attached hydrogens (tertiary/aromatic N) is 1. The Bertz CT molecular complexity index is 337. The molecule has 4 nitrogen and oxygen atoms in total. The number of carbonyl (C=O) groups excluding carboxylic acids is 1. The minimum absolute atomic E-state index is 0.0117. The third kappa shape index (κ3) is 4.21. The van der Waals surface area contributed by atoms with Crippen LogP contribution in [0.15, 0.2) is 0 Å². The molecule has 0 spiro atoms. The molecule has 1 atom stereocenters. The van der Waals surface area contributed by atoms with E-state index in [1.165, 1.54) is 12.8 Å². The molecule has 1 saturated carbocycles. The third-order valence-corrected chi connectivity index (χ3v) is 4.27. The third-order valence-electron chi connectivity index (χ3n) is 4.27. The van der Waals surface area contributed by atoms with Crippen LogP contribution in [0.2, 0.25) is 0 Å². The predicted octanol–water partition coefficient (Wildman–Crippen LogP) is 2.68. The predicted molar refractivity (Wildman–Crippen MR) is 72.4 cm³/mol. The lowest BCUT2D eigenvalue weighted by atomic mass is 9.82. The Morgan fingerprint density at radius 3 is 2.68 bits per heavy atom. The van der Waals surface area contributed by atoms with Gasteiger partial charge in [0.05, 0.1) is 12.2 Å². The SMILES string of the molecule is N#CC1(NC(=O)CCC2CCCCO2)CCCCC1. The number of rotatable bonds is 4. The van der Waals surface area contributed by atoms with E-state index in [2.05, 4.69) is 11.4 Å². The molecule has 0 bridgehead atoms. The van der Waals surface area contributed by atoms with Crippen LogP contribution in [0.1, 0.15) is 64.2 Å². The Balaban J connectivity index is 1.75. The summed E-state index contributed by atoms with van der Waals surface area (Å²) in [4.78, 5) is 12.0. The topological polar surface area (TPSA) is 62.1 Å². The largest absolute Gasteiger partial charge is 0.378 e. The standard InChI is InChI=1S/C15H24N2O2/c16-12-15(9-3-1-4-10-15)17-14(18)8-7-13-6-2-5-11-19-13/h13H,1-11H2,(H,17,18). The molecular formula is C15H24N2O2. The first kappa shape index (κ1) is 14.3. The lowest BCUT2D eigenvalue weighted by Crippen LogP contribution is -2.48. The van der Waals surface area contributed by atoms with Gasteiger partial charge < -0.3 is 10.1 Å². The Hall–Kier alpha value is -1.08. The van der Waals surface area contributed by atoms with Gasteiger partial charge in [-0.15, -0.1) is 0 Å². The average molecular weight is 264 g/mol. The quantitative estimate of drug-likeness (QED) is 0.849. The van der Waals surface area contributed by atoms with Crippen molar-refractivity contribution in [2.75, 3.05) is 6.61 Å². The Morgan fingerprint density at radius 1 is 1.26 bits per heavy atom. The summed E-state index contributed by atoms with van der Waals surface area (Å²) in [6, 6.07) is 2.32. The lowest BCUT2D eigenvalue weighted by molar-refractivity contribution is -0.123. The van der Waals surface area contributed by atoms with Crippen molar-refractivity contribution in [2.24, 2.45) is 0 Å². The number of hydrogen-bond acceptors (Lipinski definition) is 3. The van der Waals surface area contributed by atoms with Crippen LogP contribution < -0.4 is 5.32 Å². The highest BCUT2D eigenvalue weighted by Crippen LogP contribution is 2.27. The van der Waals surface area contributed by atoms with Crippen LogP contribution in [0.25, 0.3) is 0 Å². The number of amides is 1. The van der Waals surface area contributed by atoms with E-state index in [4.69, 9.17) is 4.74 Å². The molecule has 0 aromatic heterocycles. The summed E-state index contributed by atoms with van der Waals surface area (Å²) < 4.78 is 5.62. The minimum Gasteiger partial charge on any atom is -0.378 e. The summed E-state index contributed by atoms with van der Waals surface area (Å²) in [5, 5.41) is 12.3. The molecule has 19 heavy (non-hydrogen) atoms. The van der Waals surface area contributed by atoms with Crippen LogP contribution >= 0.6 is 0 Å². The summed E-state index contributed by atoms with van der Waals surface area (Å²) >= 11 is 0. The molecule has 4 heteroatoms. The molecule has 0 aromatic carbocycles. The van der Waals surface area contributed by atoms with Crippen molar-refractivity contribution in [1.82, 2.24) is 5.32 Å². The van der Waals surface area contributed by atoms with Gasteiger partial charge in [-0.1, -0.05) is 19.3 Å². The van der Waals surface area contributed by atoms with E-state index in [0.29, 0.717) is 6.42 Å².